The van der Waals surface area contributed by atoms with Crippen molar-refractivity contribution in [3.05, 3.63) is 70.8 Å². The SMILES string of the molecule is CC(C)c1ccc2c(CCCCNS(=O)(=O)c3ccc4c(c3)CCCC4)cc(S(=O)(=O)O)c-2cc1. The van der Waals surface area contributed by atoms with Crippen LogP contribution in [0.1, 0.15) is 67.7 Å². The molecule has 188 valence electrons. The van der Waals surface area contributed by atoms with Gasteiger partial charge < -0.3 is 0 Å². The largest absolute Gasteiger partial charge is 0.295 e. The van der Waals surface area contributed by atoms with Crippen LogP contribution in [0, 0.1) is 0 Å². The van der Waals surface area contributed by atoms with E-state index in [1.54, 1.807) is 18.2 Å². The van der Waals surface area contributed by atoms with Crippen LogP contribution in [0.2, 0.25) is 0 Å². The lowest BCUT2D eigenvalue weighted by molar-refractivity contribution is 0.483. The molecule has 0 atom stereocenters. The van der Waals surface area contributed by atoms with E-state index in [1.807, 2.05) is 24.3 Å². The van der Waals surface area contributed by atoms with E-state index in [0.29, 0.717) is 36.3 Å². The highest BCUT2D eigenvalue weighted by Crippen LogP contribution is 2.36. The van der Waals surface area contributed by atoms with E-state index in [2.05, 4.69) is 18.6 Å². The Morgan fingerprint density at radius 2 is 1.54 bits per heavy atom. The van der Waals surface area contributed by atoms with Crippen molar-refractivity contribution in [2.45, 2.75) is 74.5 Å². The minimum Gasteiger partial charge on any atom is -0.282 e. The van der Waals surface area contributed by atoms with Crippen LogP contribution >= 0.6 is 0 Å². The Morgan fingerprint density at radius 3 is 2.23 bits per heavy atom. The molecule has 0 saturated heterocycles. The number of rotatable bonds is 9. The van der Waals surface area contributed by atoms with Crippen LogP contribution in [-0.2, 0) is 39.4 Å². The molecule has 1 aromatic carbocycles. The summed E-state index contributed by atoms with van der Waals surface area (Å²) in [7, 11) is -7.93. The zero-order chi connectivity index (χ0) is 25.2. The van der Waals surface area contributed by atoms with Crippen molar-refractivity contribution in [2.75, 3.05) is 6.54 Å². The average molecular weight is 516 g/mol. The fourth-order valence-corrected chi connectivity index (χ4v) is 6.69. The highest BCUT2D eigenvalue weighted by atomic mass is 32.2. The van der Waals surface area contributed by atoms with Gasteiger partial charge in [-0.05, 0) is 96.9 Å². The zero-order valence-electron chi connectivity index (χ0n) is 20.2. The van der Waals surface area contributed by atoms with E-state index in [1.165, 1.54) is 11.6 Å². The minimum atomic E-state index is -4.36. The molecule has 0 radical (unpaired) electrons. The number of unbranched alkanes of at least 4 members (excludes halogenated alkanes) is 1. The molecule has 0 heterocycles. The highest BCUT2D eigenvalue weighted by molar-refractivity contribution is 7.89. The summed E-state index contributed by atoms with van der Waals surface area (Å²) in [6, 6.07) is 14.5. The molecule has 0 saturated carbocycles. The molecule has 2 N–H and O–H groups in total. The molecular weight excluding hydrogens is 482 g/mol. The zero-order valence-corrected chi connectivity index (χ0v) is 21.9. The Labute approximate surface area is 208 Å². The van der Waals surface area contributed by atoms with Gasteiger partial charge in [-0.2, -0.15) is 8.42 Å². The third kappa shape index (κ3) is 5.94. The smallest absolute Gasteiger partial charge is 0.282 e. The van der Waals surface area contributed by atoms with Crippen molar-refractivity contribution in [3.63, 3.8) is 0 Å². The lowest BCUT2D eigenvalue weighted by atomic mass is 9.92. The molecule has 0 aliphatic heterocycles. The van der Waals surface area contributed by atoms with Crippen LogP contribution in [0.25, 0.3) is 11.1 Å². The molecule has 4 rings (SSSR count). The summed E-state index contributed by atoms with van der Waals surface area (Å²) in [4.78, 5) is 0.230. The number of nitrogens with one attached hydrogen (secondary N) is 1. The summed E-state index contributed by atoms with van der Waals surface area (Å²) in [5, 5.41) is 0. The summed E-state index contributed by atoms with van der Waals surface area (Å²) in [5.74, 6) is 0.285. The first-order valence-electron chi connectivity index (χ1n) is 12.2. The van der Waals surface area contributed by atoms with Gasteiger partial charge in [0.1, 0.15) is 4.90 Å². The Hall–Kier alpha value is -2.26. The third-order valence-electron chi connectivity index (χ3n) is 6.83. The first kappa shape index (κ1) is 25.8. The Morgan fingerprint density at radius 1 is 0.857 bits per heavy atom. The van der Waals surface area contributed by atoms with E-state index >= 15 is 0 Å². The van der Waals surface area contributed by atoms with E-state index in [9.17, 15) is 21.4 Å². The van der Waals surface area contributed by atoms with Crippen molar-refractivity contribution in [2.24, 2.45) is 0 Å². The quantitative estimate of drug-likeness (QED) is 0.296. The van der Waals surface area contributed by atoms with Gasteiger partial charge in [-0.15, -0.1) is 0 Å². The van der Waals surface area contributed by atoms with Crippen LogP contribution in [-0.4, -0.2) is 27.9 Å². The van der Waals surface area contributed by atoms with Gasteiger partial charge in [-0.3, -0.25) is 4.55 Å². The second-order valence-corrected chi connectivity index (χ2v) is 12.8. The molecule has 0 spiro atoms. The fraction of sp³-hybridized carbons (Fsp3) is 0.407. The molecule has 0 unspecified atom stereocenters. The maximum atomic E-state index is 12.8. The van der Waals surface area contributed by atoms with Gasteiger partial charge in [-0.1, -0.05) is 44.2 Å². The van der Waals surface area contributed by atoms with Crippen LogP contribution in [0.3, 0.4) is 0 Å². The van der Waals surface area contributed by atoms with E-state index in [0.717, 1.165) is 47.9 Å². The topological polar surface area (TPSA) is 101 Å². The predicted octanol–water partition coefficient (Wildman–Crippen LogP) is 5.34. The van der Waals surface area contributed by atoms with E-state index < -0.39 is 20.1 Å². The maximum absolute atomic E-state index is 12.8. The first-order chi connectivity index (χ1) is 16.6. The molecule has 0 fully saturated rings. The molecular formula is C27H33NO5S2. The summed E-state index contributed by atoms with van der Waals surface area (Å²) in [6.45, 7) is 4.43. The lowest BCUT2D eigenvalue weighted by Crippen LogP contribution is -2.25. The molecule has 3 aliphatic carbocycles. The number of fused-ring (bicyclic) bond motifs is 2. The van der Waals surface area contributed by atoms with E-state index in [-0.39, 0.29) is 10.8 Å². The summed E-state index contributed by atoms with van der Waals surface area (Å²) in [5.41, 5.74) is 5.57. The van der Waals surface area contributed by atoms with Crippen molar-refractivity contribution in [1.29, 1.82) is 0 Å². The van der Waals surface area contributed by atoms with Crippen molar-refractivity contribution < 1.29 is 21.4 Å². The normalized spacial score (nSPS) is 14.4. The maximum Gasteiger partial charge on any atom is 0.295 e. The van der Waals surface area contributed by atoms with Gasteiger partial charge in [0.15, 0.2) is 0 Å². The average Bonchev–Trinajstić information content (AvgIpc) is 3.01. The van der Waals surface area contributed by atoms with Gasteiger partial charge in [-0.25, -0.2) is 13.1 Å². The van der Waals surface area contributed by atoms with Crippen LogP contribution < -0.4 is 4.72 Å². The Balaban J connectivity index is 1.42. The van der Waals surface area contributed by atoms with Crippen LogP contribution in [0.4, 0.5) is 0 Å². The van der Waals surface area contributed by atoms with Gasteiger partial charge in [0.2, 0.25) is 10.0 Å². The van der Waals surface area contributed by atoms with Crippen molar-refractivity contribution >= 4 is 20.1 Å². The Bertz CT molecular complexity index is 1390. The number of sulfonamides is 1. The van der Waals surface area contributed by atoms with Gasteiger partial charge in [0.05, 0.1) is 4.90 Å². The first-order valence-corrected chi connectivity index (χ1v) is 15.1. The standard InChI is InChI=1S/C27H33NO5S2/c1-19(2)20-11-14-25-23(18-27(35(31,32)33)26(25)15-12-20)9-5-6-16-28-34(29,30)24-13-10-21-7-3-4-8-22(21)17-24/h10-15,17-19,28H,3-9,16H2,1-2H3,(H,31,32,33). The van der Waals surface area contributed by atoms with Crippen molar-refractivity contribution in [3.8, 4) is 11.1 Å². The molecule has 8 heteroatoms. The second-order valence-electron chi connectivity index (χ2n) is 9.65. The molecule has 0 aromatic heterocycles. The molecule has 35 heavy (non-hydrogen) atoms. The van der Waals surface area contributed by atoms with Crippen molar-refractivity contribution in [1.82, 2.24) is 4.72 Å². The molecule has 1 aromatic rings. The monoisotopic (exact) mass is 515 g/mol. The molecule has 3 aliphatic rings. The number of benzene rings is 1. The predicted molar refractivity (Wildman–Crippen MR) is 138 cm³/mol. The summed E-state index contributed by atoms with van der Waals surface area (Å²) >= 11 is 0. The van der Waals surface area contributed by atoms with E-state index in [4.69, 9.17) is 0 Å². The molecule has 0 amide bonds. The number of hydrogen-bond donors (Lipinski definition) is 2. The highest BCUT2D eigenvalue weighted by Gasteiger charge is 2.23. The fourth-order valence-electron chi connectivity index (χ4n) is 4.82. The van der Waals surface area contributed by atoms with Crippen LogP contribution in [0.15, 0.2) is 58.3 Å². The summed E-state index contributed by atoms with van der Waals surface area (Å²) < 4.78 is 61.9. The minimum absolute atomic E-state index is 0.0819. The molecule has 0 bridgehead atoms. The second kappa shape index (κ2) is 10.4. The van der Waals surface area contributed by atoms with Gasteiger partial charge >= 0.3 is 0 Å². The number of hydrogen-bond acceptors (Lipinski definition) is 4. The third-order valence-corrected chi connectivity index (χ3v) is 9.18. The molecule has 6 nitrogen and oxygen atoms in total. The van der Waals surface area contributed by atoms with Crippen LogP contribution in [0.5, 0.6) is 0 Å². The summed E-state index contributed by atoms with van der Waals surface area (Å²) in [6.07, 6.45) is 6.04. The van der Waals surface area contributed by atoms with Gasteiger partial charge in [0.25, 0.3) is 10.1 Å². The van der Waals surface area contributed by atoms with Gasteiger partial charge in [0, 0.05) is 12.1 Å². The number of aryl methyl sites for hydroxylation is 3. The lowest BCUT2D eigenvalue weighted by Gasteiger charge is -2.16. The Kier molecular flexibility index (Phi) is 7.66.